The highest BCUT2D eigenvalue weighted by molar-refractivity contribution is 5.61. The zero-order chi connectivity index (χ0) is 9.68. The maximum Gasteiger partial charge on any atom is 0.141 e. The first-order valence-electron chi connectivity index (χ1n) is 4.25. The molecule has 1 aromatic carbocycles. The lowest BCUT2D eigenvalue weighted by molar-refractivity contribution is -0.109. The van der Waals surface area contributed by atoms with Gasteiger partial charge in [-0.25, -0.2) is 0 Å². The second kappa shape index (κ2) is 4.62. The Balaban J connectivity index is 2.79. The van der Waals surface area contributed by atoms with Gasteiger partial charge in [-0.15, -0.1) is 0 Å². The van der Waals surface area contributed by atoms with Crippen molar-refractivity contribution in [3.05, 3.63) is 29.8 Å². The van der Waals surface area contributed by atoms with Crippen LogP contribution in [0.3, 0.4) is 0 Å². The van der Waals surface area contributed by atoms with Crippen LogP contribution >= 0.6 is 0 Å². The van der Waals surface area contributed by atoms with E-state index in [1.165, 1.54) is 0 Å². The van der Waals surface area contributed by atoms with Gasteiger partial charge in [0.25, 0.3) is 0 Å². The minimum Gasteiger partial charge on any atom is -0.508 e. The summed E-state index contributed by atoms with van der Waals surface area (Å²) in [5.41, 5.74) is 0.870. The van der Waals surface area contributed by atoms with Gasteiger partial charge in [0.2, 0.25) is 0 Å². The van der Waals surface area contributed by atoms with E-state index in [0.29, 0.717) is 0 Å². The zero-order valence-corrected chi connectivity index (χ0v) is 7.53. The molecule has 0 aliphatic carbocycles. The number of benzene rings is 1. The molecule has 0 saturated heterocycles. The van der Waals surface area contributed by atoms with E-state index in [1.54, 1.807) is 24.3 Å². The molecule has 0 heterocycles. The molecule has 3 nitrogen and oxygen atoms in total. The van der Waals surface area contributed by atoms with Crippen LogP contribution in [-0.4, -0.2) is 17.9 Å². The molecule has 3 heteroatoms. The van der Waals surface area contributed by atoms with Crippen LogP contribution in [0, 0.1) is 0 Å². The molecule has 70 valence electrons. The van der Waals surface area contributed by atoms with Gasteiger partial charge >= 0.3 is 0 Å². The largest absolute Gasteiger partial charge is 0.508 e. The lowest BCUT2D eigenvalue weighted by Gasteiger charge is -2.10. The van der Waals surface area contributed by atoms with Crippen LogP contribution in [-0.2, 0) is 4.79 Å². The Labute approximate surface area is 77.4 Å². The Morgan fingerprint density at radius 2 is 2.08 bits per heavy atom. The molecule has 2 N–H and O–H groups in total. The predicted octanol–water partition coefficient (Wildman–Crippen LogP) is 1.24. The third-order valence-electron chi connectivity index (χ3n) is 1.81. The fourth-order valence-corrected chi connectivity index (χ4v) is 1.15. The third-order valence-corrected chi connectivity index (χ3v) is 1.81. The average Bonchev–Trinajstić information content (AvgIpc) is 2.16. The summed E-state index contributed by atoms with van der Waals surface area (Å²) in [6.07, 6.45) is 0.857. The van der Waals surface area contributed by atoms with E-state index in [2.05, 4.69) is 5.32 Å². The normalized spacial score (nSPS) is 12.4. The summed E-state index contributed by atoms with van der Waals surface area (Å²) in [7, 11) is 0. The molecule has 0 aliphatic heterocycles. The second-order valence-corrected chi connectivity index (χ2v) is 2.76. The third kappa shape index (κ3) is 2.56. The highest BCUT2D eigenvalue weighted by Gasteiger charge is 2.07. The van der Waals surface area contributed by atoms with Gasteiger partial charge in [0, 0.05) is 0 Å². The van der Waals surface area contributed by atoms with E-state index >= 15 is 0 Å². The van der Waals surface area contributed by atoms with Crippen molar-refractivity contribution in [2.75, 3.05) is 6.54 Å². The molecule has 1 atom stereocenters. The van der Waals surface area contributed by atoms with Crippen molar-refractivity contribution in [3.63, 3.8) is 0 Å². The van der Waals surface area contributed by atoms with E-state index in [-0.39, 0.29) is 11.8 Å². The van der Waals surface area contributed by atoms with Gasteiger partial charge in [0.15, 0.2) is 0 Å². The van der Waals surface area contributed by atoms with Crippen LogP contribution in [0.25, 0.3) is 0 Å². The highest BCUT2D eigenvalue weighted by atomic mass is 16.3. The molecule has 1 aromatic rings. The summed E-state index contributed by atoms with van der Waals surface area (Å²) in [4.78, 5) is 10.7. The number of carbonyl (C=O) groups excluding carboxylic acids is 1. The molecular weight excluding hydrogens is 166 g/mol. The fourth-order valence-electron chi connectivity index (χ4n) is 1.15. The number of likely N-dealkylation sites (N-methyl/N-ethyl adjacent to an activating group) is 1. The SMILES string of the molecule is CCNC(C=O)c1ccc(O)cc1. The van der Waals surface area contributed by atoms with Crippen LogP contribution in [0.1, 0.15) is 18.5 Å². The molecule has 0 spiro atoms. The van der Waals surface area contributed by atoms with Gasteiger partial charge in [0.1, 0.15) is 12.0 Å². The summed E-state index contributed by atoms with van der Waals surface area (Å²) in [6, 6.07) is 6.34. The molecule has 0 radical (unpaired) electrons. The van der Waals surface area contributed by atoms with Crippen molar-refractivity contribution in [2.24, 2.45) is 0 Å². The molecule has 1 rings (SSSR count). The number of aromatic hydroxyl groups is 1. The van der Waals surface area contributed by atoms with Gasteiger partial charge in [-0.3, -0.25) is 0 Å². The number of carbonyl (C=O) groups is 1. The monoisotopic (exact) mass is 179 g/mol. The lowest BCUT2D eigenvalue weighted by Crippen LogP contribution is -2.21. The van der Waals surface area contributed by atoms with Crippen LogP contribution in [0.15, 0.2) is 24.3 Å². The minimum absolute atomic E-state index is 0.213. The van der Waals surface area contributed by atoms with Gasteiger partial charge in [-0.2, -0.15) is 0 Å². The van der Waals surface area contributed by atoms with E-state index in [9.17, 15) is 4.79 Å². The summed E-state index contributed by atoms with van der Waals surface area (Å²) >= 11 is 0. The van der Waals surface area contributed by atoms with Crippen molar-refractivity contribution in [1.82, 2.24) is 5.32 Å². The highest BCUT2D eigenvalue weighted by Crippen LogP contribution is 2.14. The Morgan fingerprint density at radius 1 is 1.46 bits per heavy atom. The number of hydrogen-bond acceptors (Lipinski definition) is 3. The van der Waals surface area contributed by atoms with E-state index in [0.717, 1.165) is 18.4 Å². The Hall–Kier alpha value is -1.35. The molecule has 13 heavy (non-hydrogen) atoms. The van der Waals surface area contributed by atoms with Crippen molar-refractivity contribution in [2.45, 2.75) is 13.0 Å². The van der Waals surface area contributed by atoms with Crippen molar-refractivity contribution >= 4 is 6.29 Å². The maximum absolute atomic E-state index is 10.7. The molecular formula is C10H13NO2. The van der Waals surface area contributed by atoms with Gasteiger partial charge in [0.05, 0.1) is 6.04 Å². The molecule has 1 unspecified atom stereocenters. The topological polar surface area (TPSA) is 49.3 Å². The van der Waals surface area contributed by atoms with Crippen molar-refractivity contribution in [1.29, 1.82) is 0 Å². The summed E-state index contributed by atoms with van der Waals surface area (Å²) in [5, 5.41) is 12.1. The quantitative estimate of drug-likeness (QED) is 0.684. The van der Waals surface area contributed by atoms with Crippen molar-refractivity contribution < 1.29 is 9.90 Å². The molecule has 0 aromatic heterocycles. The summed E-state index contributed by atoms with van der Waals surface area (Å²) in [6.45, 7) is 2.68. The second-order valence-electron chi connectivity index (χ2n) is 2.76. The van der Waals surface area contributed by atoms with Gasteiger partial charge in [-0.05, 0) is 24.2 Å². The molecule has 0 fully saturated rings. The maximum atomic E-state index is 10.7. The minimum atomic E-state index is -0.273. The van der Waals surface area contributed by atoms with E-state index < -0.39 is 0 Å². The first kappa shape index (κ1) is 9.74. The van der Waals surface area contributed by atoms with Crippen LogP contribution < -0.4 is 5.32 Å². The summed E-state index contributed by atoms with van der Waals surface area (Å²) in [5.74, 6) is 0.213. The van der Waals surface area contributed by atoms with Gasteiger partial charge in [-0.1, -0.05) is 19.1 Å². The van der Waals surface area contributed by atoms with Crippen LogP contribution in [0.2, 0.25) is 0 Å². The molecule has 0 amide bonds. The number of phenols is 1. The summed E-state index contributed by atoms with van der Waals surface area (Å²) < 4.78 is 0. The van der Waals surface area contributed by atoms with E-state index in [1.807, 2.05) is 6.92 Å². The van der Waals surface area contributed by atoms with Crippen LogP contribution in [0.5, 0.6) is 5.75 Å². The smallest absolute Gasteiger partial charge is 0.141 e. The first-order chi connectivity index (χ1) is 6.27. The molecule has 0 bridgehead atoms. The molecule has 0 saturated carbocycles. The number of nitrogens with one attached hydrogen (secondary N) is 1. The molecule has 0 aliphatic rings. The standard InChI is InChI=1S/C10H13NO2/c1-2-11-10(7-12)8-3-5-9(13)6-4-8/h3-7,10-11,13H,2H2,1H3. The van der Waals surface area contributed by atoms with Crippen LogP contribution in [0.4, 0.5) is 0 Å². The Bertz CT molecular complexity index is 269. The van der Waals surface area contributed by atoms with Crippen molar-refractivity contribution in [3.8, 4) is 5.75 Å². The number of rotatable bonds is 4. The fraction of sp³-hybridized carbons (Fsp3) is 0.300. The average molecular weight is 179 g/mol. The Kier molecular flexibility index (Phi) is 3.46. The lowest BCUT2D eigenvalue weighted by atomic mass is 10.1. The number of aldehydes is 1. The first-order valence-corrected chi connectivity index (χ1v) is 4.25. The Morgan fingerprint density at radius 3 is 2.54 bits per heavy atom. The predicted molar refractivity (Wildman–Crippen MR) is 50.6 cm³/mol. The van der Waals surface area contributed by atoms with Gasteiger partial charge < -0.3 is 15.2 Å². The number of phenolic OH excluding ortho intramolecular Hbond substituents is 1. The number of hydrogen-bond donors (Lipinski definition) is 2. The zero-order valence-electron chi connectivity index (χ0n) is 7.53. The van der Waals surface area contributed by atoms with E-state index in [4.69, 9.17) is 5.11 Å².